The van der Waals surface area contributed by atoms with Gasteiger partial charge in [0.25, 0.3) is 0 Å². The van der Waals surface area contributed by atoms with Gasteiger partial charge in [0.2, 0.25) is 0 Å². The van der Waals surface area contributed by atoms with Gasteiger partial charge in [-0.25, -0.2) is 4.79 Å². The Labute approximate surface area is 128 Å². The second kappa shape index (κ2) is 6.62. The average Bonchev–Trinajstić information content (AvgIpc) is 3.06. The number of phenols is 1. The fraction of sp³-hybridized carbons (Fsp3) is 0.375. The molecule has 0 saturated carbocycles. The molecule has 1 aromatic carbocycles. The topological polar surface area (TPSA) is 80.7 Å². The summed E-state index contributed by atoms with van der Waals surface area (Å²) in [6, 6.07) is 7.30. The molecule has 0 spiro atoms. The van der Waals surface area contributed by atoms with Crippen LogP contribution in [0.2, 0.25) is 0 Å². The smallest absolute Gasteiger partial charge is 0.407 e. The van der Waals surface area contributed by atoms with E-state index in [9.17, 15) is 9.90 Å². The number of ether oxygens (including phenoxy) is 2. The van der Waals surface area contributed by atoms with Crippen molar-refractivity contribution in [2.75, 3.05) is 13.2 Å². The van der Waals surface area contributed by atoms with Crippen LogP contribution in [0.25, 0.3) is 10.9 Å². The molecular weight excluding hydrogens is 284 g/mol. The number of alkyl carbamates (subject to hydrolysis) is 1. The van der Waals surface area contributed by atoms with Gasteiger partial charge in [-0.1, -0.05) is 18.2 Å². The highest BCUT2D eigenvalue weighted by Gasteiger charge is 2.17. The number of hydrogen-bond donors (Lipinski definition) is 2. The third-order valence-electron chi connectivity index (χ3n) is 3.68. The fourth-order valence-corrected chi connectivity index (χ4v) is 2.48. The molecule has 1 saturated heterocycles. The summed E-state index contributed by atoms with van der Waals surface area (Å²) in [5, 5.41) is 13.7. The molecule has 2 N–H and O–H groups in total. The largest absolute Gasteiger partial charge is 0.505 e. The van der Waals surface area contributed by atoms with Gasteiger partial charge >= 0.3 is 6.09 Å². The first-order valence-electron chi connectivity index (χ1n) is 7.32. The highest BCUT2D eigenvalue weighted by Crippen LogP contribution is 2.26. The quantitative estimate of drug-likeness (QED) is 0.906. The number of amides is 1. The predicted octanol–water partition coefficient (Wildman–Crippen LogP) is 2.35. The second-order valence-electron chi connectivity index (χ2n) is 5.24. The molecule has 1 atom stereocenters. The molecule has 116 valence electrons. The Bertz CT molecular complexity index is 668. The molecule has 6 nitrogen and oxygen atoms in total. The minimum atomic E-state index is -0.518. The summed E-state index contributed by atoms with van der Waals surface area (Å²) in [6.07, 6.45) is 3.03. The number of benzene rings is 1. The summed E-state index contributed by atoms with van der Waals surface area (Å²) in [5.41, 5.74) is 1.12. The highest BCUT2D eigenvalue weighted by molar-refractivity contribution is 5.85. The maximum absolute atomic E-state index is 11.7. The van der Waals surface area contributed by atoms with Crippen LogP contribution in [0.1, 0.15) is 18.4 Å². The van der Waals surface area contributed by atoms with Crippen molar-refractivity contribution in [2.24, 2.45) is 0 Å². The Morgan fingerprint density at radius 1 is 1.45 bits per heavy atom. The Hall–Kier alpha value is -2.34. The molecule has 0 bridgehead atoms. The van der Waals surface area contributed by atoms with E-state index in [0.717, 1.165) is 24.8 Å². The number of carbonyl (C=O) groups excluding carboxylic acids is 1. The zero-order chi connectivity index (χ0) is 15.4. The number of phenolic OH excluding ortho intramolecular Hbond substituents is 1. The van der Waals surface area contributed by atoms with Gasteiger partial charge < -0.3 is 19.9 Å². The average molecular weight is 302 g/mol. The first-order chi connectivity index (χ1) is 10.7. The first-order valence-corrected chi connectivity index (χ1v) is 7.32. The van der Waals surface area contributed by atoms with E-state index in [1.54, 1.807) is 12.3 Å². The van der Waals surface area contributed by atoms with Crippen molar-refractivity contribution in [3.05, 3.63) is 36.0 Å². The molecule has 0 radical (unpaired) electrons. The lowest BCUT2D eigenvalue weighted by molar-refractivity contribution is 0.0437. The van der Waals surface area contributed by atoms with Gasteiger partial charge in [0.15, 0.2) is 0 Å². The normalized spacial score (nSPS) is 17.5. The molecule has 1 aliphatic rings. The van der Waals surface area contributed by atoms with Gasteiger partial charge in [-0.3, -0.25) is 4.98 Å². The van der Waals surface area contributed by atoms with Crippen LogP contribution in [0.5, 0.6) is 5.75 Å². The van der Waals surface area contributed by atoms with Gasteiger partial charge in [-0.15, -0.1) is 0 Å². The molecule has 1 aromatic heterocycles. The Balaban J connectivity index is 1.56. The zero-order valence-electron chi connectivity index (χ0n) is 12.1. The lowest BCUT2D eigenvalue weighted by atomic mass is 10.1. The van der Waals surface area contributed by atoms with Crippen LogP contribution < -0.4 is 5.32 Å². The van der Waals surface area contributed by atoms with Crippen molar-refractivity contribution in [2.45, 2.75) is 25.5 Å². The van der Waals surface area contributed by atoms with Crippen LogP contribution >= 0.6 is 0 Å². The lowest BCUT2D eigenvalue weighted by Crippen LogP contribution is -2.27. The van der Waals surface area contributed by atoms with E-state index in [2.05, 4.69) is 10.3 Å². The molecule has 3 rings (SSSR count). The summed E-state index contributed by atoms with van der Waals surface area (Å²) in [7, 11) is 0. The molecule has 1 fully saturated rings. The van der Waals surface area contributed by atoms with E-state index in [1.165, 1.54) is 0 Å². The summed E-state index contributed by atoms with van der Waals surface area (Å²) in [5.74, 6) is 0.0810. The SMILES string of the molecule is O=C(NCc1ccc2cccnc2c1O)OCC1CCCO1. The molecule has 2 aromatic rings. The summed E-state index contributed by atoms with van der Waals surface area (Å²) in [4.78, 5) is 15.8. The number of aromatic hydroxyl groups is 1. The van der Waals surface area contributed by atoms with Gasteiger partial charge in [0, 0.05) is 30.3 Å². The van der Waals surface area contributed by atoms with Crippen LogP contribution in [-0.2, 0) is 16.0 Å². The van der Waals surface area contributed by atoms with Crippen LogP contribution in [-0.4, -0.2) is 35.5 Å². The van der Waals surface area contributed by atoms with Crippen molar-refractivity contribution < 1.29 is 19.4 Å². The third-order valence-corrected chi connectivity index (χ3v) is 3.68. The predicted molar refractivity (Wildman–Crippen MR) is 80.6 cm³/mol. The third kappa shape index (κ3) is 3.28. The molecule has 22 heavy (non-hydrogen) atoms. The van der Waals surface area contributed by atoms with E-state index < -0.39 is 6.09 Å². The zero-order valence-corrected chi connectivity index (χ0v) is 12.1. The molecule has 1 amide bonds. The first kappa shape index (κ1) is 14.6. The Kier molecular flexibility index (Phi) is 4.39. The molecule has 6 heteroatoms. The van der Waals surface area contributed by atoms with Gasteiger partial charge in [0.05, 0.1) is 6.10 Å². The van der Waals surface area contributed by atoms with Crippen LogP contribution in [0.15, 0.2) is 30.5 Å². The fourth-order valence-electron chi connectivity index (χ4n) is 2.48. The van der Waals surface area contributed by atoms with E-state index in [0.29, 0.717) is 11.1 Å². The molecule has 1 unspecified atom stereocenters. The monoisotopic (exact) mass is 302 g/mol. The maximum Gasteiger partial charge on any atom is 0.407 e. The van der Waals surface area contributed by atoms with Crippen molar-refractivity contribution >= 4 is 17.0 Å². The highest BCUT2D eigenvalue weighted by atomic mass is 16.6. The van der Waals surface area contributed by atoms with Crippen molar-refractivity contribution in [3.63, 3.8) is 0 Å². The number of rotatable bonds is 4. The summed E-state index contributed by atoms with van der Waals surface area (Å²) >= 11 is 0. The standard InChI is InChI=1S/C16H18N2O4/c19-15-12(6-5-11-3-1-7-17-14(11)15)9-18-16(20)22-10-13-4-2-8-21-13/h1,3,5-7,13,19H,2,4,8-10H2,(H,18,20). The van der Waals surface area contributed by atoms with Gasteiger partial charge in [0.1, 0.15) is 17.9 Å². The Morgan fingerprint density at radius 2 is 2.36 bits per heavy atom. The van der Waals surface area contributed by atoms with E-state index >= 15 is 0 Å². The van der Waals surface area contributed by atoms with Gasteiger partial charge in [-0.2, -0.15) is 0 Å². The molecule has 2 heterocycles. The minimum absolute atomic E-state index is 0.00372. The number of aromatic nitrogens is 1. The number of nitrogens with one attached hydrogen (secondary N) is 1. The summed E-state index contributed by atoms with van der Waals surface area (Å²) in [6.45, 7) is 1.17. The number of nitrogens with zero attached hydrogens (tertiary/aromatic N) is 1. The molecular formula is C16H18N2O4. The van der Waals surface area contributed by atoms with Crippen LogP contribution in [0.3, 0.4) is 0 Å². The second-order valence-corrected chi connectivity index (χ2v) is 5.24. The van der Waals surface area contributed by atoms with Crippen LogP contribution in [0.4, 0.5) is 4.79 Å². The van der Waals surface area contributed by atoms with Crippen molar-refractivity contribution in [3.8, 4) is 5.75 Å². The van der Waals surface area contributed by atoms with E-state index in [4.69, 9.17) is 9.47 Å². The molecule has 0 aliphatic carbocycles. The number of carbonyl (C=O) groups is 1. The lowest BCUT2D eigenvalue weighted by Gasteiger charge is -2.12. The van der Waals surface area contributed by atoms with Crippen molar-refractivity contribution in [1.82, 2.24) is 10.3 Å². The van der Waals surface area contributed by atoms with Crippen molar-refractivity contribution in [1.29, 1.82) is 0 Å². The Morgan fingerprint density at radius 3 is 3.18 bits per heavy atom. The number of hydrogen-bond acceptors (Lipinski definition) is 5. The summed E-state index contributed by atoms with van der Waals surface area (Å²) < 4.78 is 10.5. The van der Waals surface area contributed by atoms with E-state index in [-0.39, 0.29) is 25.0 Å². The minimum Gasteiger partial charge on any atom is -0.505 e. The maximum atomic E-state index is 11.7. The number of pyridine rings is 1. The van der Waals surface area contributed by atoms with Crippen LogP contribution in [0, 0.1) is 0 Å². The molecule has 1 aliphatic heterocycles. The van der Waals surface area contributed by atoms with Gasteiger partial charge in [-0.05, 0) is 18.9 Å². The number of fused-ring (bicyclic) bond motifs is 1. The van der Waals surface area contributed by atoms with E-state index in [1.807, 2.05) is 18.2 Å².